The standard InChI is InChI=1S/C27H28ClN3O4S/c1-34-25-6-2-5-22(16-25)20-35-27(23-8-10-24(28)11-9-23)19-30-12-14-31(15-13-30)36(32,33)26-7-3-4-21(17-26)18-29/h2-11,16-17,27H,12-15,19-20H2,1H3/t27-/m1/s1. The molecule has 0 radical (unpaired) electrons. The first-order chi connectivity index (χ1) is 17.4. The van der Waals surface area contributed by atoms with Crippen LogP contribution in [0.4, 0.5) is 0 Å². The van der Waals surface area contributed by atoms with Gasteiger partial charge >= 0.3 is 0 Å². The van der Waals surface area contributed by atoms with E-state index in [1.807, 2.05) is 54.6 Å². The molecule has 1 atom stereocenters. The number of hydrogen-bond acceptors (Lipinski definition) is 6. The summed E-state index contributed by atoms with van der Waals surface area (Å²) in [4.78, 5) is 2.36. The Labute approximate surface area is 217 Å². The van der Waals surface area contributed by atoms with Crippen molar-refractivity contribution in [3.05, 3.63) is 94.5 Å². The van der Waals surface area contributed by atoms with Crippen molar-refractivity contribution in [3.8, 4) is 11.8 Å². The predicted octanol–water partition coefficient (Wildman–Crippen LogP) is 4.48. The number of piperazine rings is 1. The van der Waals surface area contributed by atoms with Gasteiger partial charge in [-0.2, -0.15) is 9.57 Å². The molecule has 0 amide bonds. The van der Waals surface area contributed by atoms with Crippen LogP contribution in [0.25, 0.3) is 0 Å². The molecular weight excluding hydrogens is 498 g/mol. The molecule has 0 spiro atoms. The number of methoxy groups -OCH3 is 1. The first-order valence-electron chi connectivity index (χ1n) is 11.6. The quantitative estimate of drug-likeness (QED) is 0.409. The Hall–Kier alpha value is -2.93. The minimum atomic E-state index is -3.66. The van der Waals surface area contributed by atoms with Gasteiger partial charge in [-0.15, -0.1) is 0 Å². The molecule has 1 aliphatic rings. The maximum absolute atomic E-state index is 13.1. The van der Waals surface area contributed by atoms with E-state index in [1.54, 1.807) is 19.2 Å². The minimum Gasteiger partial charge on any atom is -0.497 e. The summed E-state index contributed by atoms with van der Waals surface area (Å²) in [5, 5.41) is 9.78. The predicted molar refractivity (Wildman–Crippen MR) is 138 cm³/mol. The average molecular weight is 526 g/mol. The van der Waals surface area contributed by atoms with Crippen LogP contribution in [0.15, 0.2) is 77.7 Å². The van der Waals surface area contributed by atoms with Crippen molar-refractivity contribution >= 4 is 21.6 Å². The van der Waals surface area contributed by atoms with Crippen molar-refractivity contribution < 1.29 is 17.9 Å². The summed E-state index contributed by atoms with van der Waals surface area (Å²) in [7, 11) is -2.02. The van der Waals surface area contributed by atoms with Crippen molar-refractivity contribution in [2.24, 2.45) is 0 Å². The third-order valence-electron chi connectivity index (χ3n) is 6.18. The summed E-state index contributed by atoms with van der Waals surface area (Å²) in [6, 6.07) is 23.5. The van der Waals surface area contributed by atoms with Crippen molar-refractivity contribution in [3.63, 3.8) is 0 Å². The van der Waals surface area contributed by atoms with Crippen molar-refractivity contribution in [1.29, 1.82) is 5.26 Å². The lowest BCUT2D eigenvalue weighted by Crippen LogP contribution is -2.49. The van der Waals surface area contributed by atoms with Gasteiger partial charge in [-0.1, -0.05) is 41.9 Å². The molecule has 1 fully saturated rings. The molecule has 3 aromatic rings. The molecule has 4 rings (SSSR count). The van der Waals surface area contributed by atoms with Crippen LogP contribution in [0.1, 0.15) is 22.8 Å². The Kier molecular flexibility index (Phi) is 8.62. The number of nitriles is 1. The number of sulfonamides is 1. The van der Waals surface area contributed by atoms with E-state index in [2.05, 4.69) is 4.90 Å². The molecule has 1 saturated heterocycles. The minimum absolute atomic E-state index is 0.149. The monoisotopic (exact) mass is 525 g/mol. The van der Waals surface area contributed by atoms with Crippen molar-refractivity contribution in [1.82, 2.24) is 9.21 Å². The largest absolute Gasteiger partial charge is 0.497 e. The van der Waals surface area contributed by atoms with E-state index in [9.17, 15) is 8.42 Å². The highest BCUT2D eigenvalue weighted by molar-refractivity contribution is 7.89. The Morgan fingerprint density at radius 3 is 2.42 bits per heavy atom. The van der Waals surface area contributed by atoms with Crippen LogP contribution in [0.2, 0.25) is 5.02 Å². The van der Waals surface area contributed by atoms with Gasteiger partial charge in [-0.3, -0.25) is 4.90 Å². The Balaban J connectivity index is 1.42. The highest BCUT2D eigenvalue weighted by Gasteiger charge is 2.30. The Morgan fingerprint density at radius 2 is 1.72 bits per heavy atom. The van der Waals surface area contributed by atoms with Crippen LogP contribution in [0, 0.1) is 11.3 Å². The van der Waals surface area contributed by atoms with Gasteiger partial charge in [0.15, 0.2) is 0 Å². The maximum Gasteiger partial charge on any atom is 0.243 e. The van der Waals surface area contributed by atoms with Crippen LogP contribution in [0.3, 0.4) is 0 Å². The molecule has 0 aliphatic carbocycles. The number of nitrogens with zero attached hydrogens (tertiary/aromatic N) is 3. The lowest BCUT2D eigenvalue weighted by molar-refractivity contribution is 0.00767. The molecule has 0 bridgehead atoms. The van der Waals surface area contributed by atoms with E-state index >= 15 is 0 Å². The second-order valence-electron chi connectivity index (χ2n) is 8.55. The SMILES string of the molecule is COc1cccc(CO[C@H](CN2CCN(S(=O)(=O)c3cccc(C#N)c3)CC2)c2ccc(Cl)cc2)c1. The van der Waals surface area contributed by atoms with Gasteiger partial charge in [0.25, 0.3) is 0 Å². The summed E-state index contributed by atoms with van der Waals surface area (Å²) in [5.74, 6) is 0.775. The highest BCUT2D eigenvalue weighted by Crippen LogP contribution is 2.25. The van der Waals surface area contributed by atoms with Gasteiger partial charge < -0.3 is 9.47 Å². The first kappa shape index (κ1) is 26.1. The van der Waals surface area contributed by atoms with E-state index in [0.717, 1.165) is 16.9 Å². The molecule has 7 nitrogen and oxygen atoms in total. The molecule has 0 unspecified atom stereocenters. The van der Waals surface area contributed by atoms with E-state index in [0.29, 0.717) is 49.9 Å². The van der Waals surface area contributed by atoms with Crippen LogP contribution < -0.4 is 4.74 Å². The van der Waals surface area contributed by atoms with E-state index in [-0.39, 0.29) is 11.0 Å². The normalized spacial score (nSPS) is 15.8. The molecule has 188 valence electrons. The molecule has 1 heterocycles. The highest BCUT2D eigenvalue weighted by atomic mass is 35.5. The van der Waals surface area contributed by atoms with Gasteiger partial charge in [-0.05, 0) is 53.6 Å². The number of hydrogen-bond donors (Lipinski definition) is 0. The summed E-state index contributed by atoms with van der Waals surface area (Å²) in [6.07, 6.45) is -0.219. The van der Waals surface area contributed by atoms with Crippen molar-refractivity contribution in [2.45, 2.75) is 17.6 Å². The topological polar surface area (TPSA) is 82.9 Å². The van der Waals surface area contributed by atoms with Crippen LogP contribution >= 0.6 is 11.6 Å². The van der Waals surface area contributed by atoms with Crippen LogP contribution in [-0.4, -0.2) is 57.5 Å². The van der Waals surface area contributed by atoms with E-state index in [4.69, 9.17) is 26.3 Å². The van der Waals surface area contributed by atoms with Crippen molar-refractivity contribution in [2.75, 3.05) is 39.8 Å². The lowest BCUT2D eigenvalue weighted by Gasteiger charge is -2.36. The number of benzene rings is 3. The fraction of sp³-hybridized carbons (Fsp3) is 0.296. The summed E-state index contributed by atoms with van der Waals surface area (Å²) < 4.78 is 39.3. The molecule has 0 aromatic heterocycles. The van der Waals surface area contributed by atoms with Crippen LogP contribution in [-0.2, 0) is 21.4 Å². The first-order valence-corrected chi connectivity index (χ1v) is 13.4. The van der Waals surface area contributed by atoms with Crippen LogP contribution in [0.5, 0.6) is 5.75 Å². The smallest absolute Gasteiger partial charge is 0.243 e. The Bertz CT molecular complexity index is 1320. The second kappa shape index (κ2) is 11.9. The molecule has 0 saturated carbocycles. The maximum atomic E-state index is 13.1. The zero-order chi connectivity index (χ0) is 25.5. The van der Waals surface area contributed by atoms with Gasteiger partial charge in [0.05, 0.1) is 36.3 Å². The van der Waals surface area contributed by atoms with Gasteiger partial charge in [0.1, 0.15) is 5.75 Å². The summed E-state index contributed by atoms with van der Waals surface area (Å²) in [6.45, 7) is 2.90. The fourth-order valence-electron chi connectivity index (χ4n) is 4.15. The summed E-state index contributed by atoms with van der Waals surface area (Å²) in [5.41, 5.74) is 2.34. The second-order valence-corrected chi connectivity index (χ2v) is 10.9. The van der Waals surface area contributed by atoms with E-state index in [1.165, 1.54) is 16.4 Å². The van der Waals surface area contributed by atoms with Gasteiger partial charge in [-0.25, -0.2) is 8.42 Å². The molecule has 1 aliphatic heterocycles. The fourth-order valence-corrected chi connectivity index (χ4v) is 5.75. The zero-order valence-corrected chi connectivity index (χ0v) is 21.6. The molecule has 36 heavy (non-hydrogen) atoms. The van der Waals surface area contributed by atoms with Gasteiger partial charge in [0.2, 0.25) is 10.0 Å². The molecular formula is C27H28ClN3O4S. The Morgan fingerprint density at radius 1 is 1.00 bits per heavy atom. The number of ether oxygens (including phenoxy) is 2. The lowest BCUT2D eigenvalue weighted by atomic mass is 10.1. The zero-order valence-electron chi connectivity index (χ0n) is 20.0. The molecule has 3 aromatic carbocycles. The van der Waals surface area contributed by atoms with Gasteiger partial charge in [0, 0.05) is 37.7 Å². The number of halogens is 1. The third-order valence-corrected chi connectivity index (χ3v) is 8.33. The average Bonchev–Trinajstić information content (AvgIpc) is 2.92. The molecule has 0 N–H and O–H groups in total. The van der Waals surface area contributed by atoms with E-state index < -0.39 is 10.0 Å². The molecule has 9 heteroatoms. The number of rotatable bonds is 9. The third kappa shape index (κ3) is 6.44. The summed E-state index contributed by atoms with van der Waals surface area (Å²) >= 11 is 6.10.